The molecule has 0 atom stereocenters. The molecule has 0 saturated heterocycles. The number of nitrogens with zero attached hydrogens (tertiary/aromatic N) is 1. The number of hydrogen-bond acceptors (Lipinski definition) is 3. The maximum atomic E-state index is 10.7. The van der Waals surface area contributed by atoms with Crippen LogP contribution in [0.2, 0.25) is 0 Å². The predicted molar refractivity (Wildman–Crippen MR) is 44.2 cm³/mol. The predicted octanol–water partition coefficient (Wildman–Crippen LogP) is 0.214. The summed E-state index contributed by atoms with van der Waals surface area (Å²) in [4.78, 5) is 1.72. The lowest BCUT2D eigenvalue weighted by Gasteiger charge is -2.24. The van der Waals surface area contributed by atoms with E-state index in [-0.39, 0.29) is 0 Å². The van der Waals surface area contributed by atoms with Crippen molar-refractivity contribution in [2.24, 2.45) is 0 Å². The van der Waals surface area contributed by atoms with E-state index in [2.05, 4.69) is 0 Å². The third-order valence-corrected chi connectivity index (χ3v) is 2.92. The van der Waals surface area contributed by atoms with Crippen molar-refractivity contribution in [3.63, 3.8) is 0 Å². The third kappa shape index (κ3) is 3.18. The standard InChI is InChI=1S/C6H15NO3S/c1-6(2,5-7(3)4)11(8,9)10/h5H2,1-4H3,(H,8,9,10). The summed E-state index contributed by atoms with van der Waals surface area (Å²) in [6, 6.07) is 0. The minimum absolute atomic E-state index is 0.311. The van der Waals surface area contributed by atoms with Gasteiger partial charge in [-0.25, -0.2) is 0 Å². The van der Waals surface area contributed by atoms with Crippen molar-refractivity contribution in [1.29, 1.82) is 0 Å². The summed E-state index contributed by atoms with van der Waals surface area (Å²) < 4.78 is 29.1. The monoisotopic (exact) mass is 181 g/mol. The van der Waals surface area contributed by atoms with Crippen LogP contribution < -0.4 is 0 Å². The highest BCUT2D eigenvalue weighted by Gasteiger charge is 2.32. The molecule has 0 saturated carbocycles. The van der Waals surface area contributed by atoms with Gasteiger partial charge in [-0.1, -0.05) is 0 Å². The van der Waals surface area contributed by atoms with Crippen LogP contribution in [-0.2, 0) is 10.1 Å². The Balaban J connectivity index is 4.49. The number of hydrogen-bond donors (Lipinski definition) is 1. The van der Waals surface area contributed by atoms with Gasteiger partial charge in [0, 0.05) is 6.54 Å². The average molecular weight is 181 g/mol. The first-order valence-corrected chi connectivity index (χ1v) is 4.72. The summed E-state index contributed by atoms with van der Waals surface area (Å²) in [5.74, 6) is 0. The Morgan fingerprint density at radius 2 is 1.73 bits per heavy atom. The molecule has 0 amide bonds. The van der Waals surface area contributed by atoms with Gasteiger partial charge in [-0.05, 0) is 27.9 Å². The molecular weight excluding hydrogens is 166 g/mol. The van der Waals surface area contributed by atoms with E-state index in [0.29, 0.717) is 6.54 Å². The normalized spacial score (nSPS) is 14.0. The van der Waals surface area contributed by atoms with Crippen LogP contribution >= 0.6 is 0 Å². The molecule has 0 unspecified atom stereocenters. The molecule has 1 N–H and O–H groups in total. The van der Waals surface area contributed by atoms with Gasteiger partial charge >= 0.3 is 0 Å². The van der Waals surface area contributed by atoms with E-state index < -0.39 is 14.9 Å². The smallest absolute Gasteiger partial charge is 0.271 e. The highest BCUT2D eigenvalue weighted by atomic mass is 32.2. The summed E-state index contributed by atoms with van der Waals surface area (Å²) in [7, 11) is -0.425. The average Bonchev–Trinajstić information content (AvgIpc) is 1.56. The minimum Gasteiger partial charge on any atom is -0.308 e. The van der Waals surface area contributed by atoms with E-state index >= 15 is 0 Å². The topological polar surface area (TPSA) is 57.6 Å². The first-order chi connectivity index (χ1) is 4.67. The fourth-order valence-corrected chi connectivity index (χ4v) is 1.26. The summed E-state index contributed by atoms with van der Waals surface area (Å²) in [5, 5.41) is 0. The van der Waals surface area contributed by atoms with Crippen molar-refractivity contribution in [2.45, 2.75) is 18.6 Å². The Hall–Kier alpha value is -0.130. The molecule has 5 heteroatoms. The molecule has 0 spiro atoms. The maximum Gasteiger partial charge on any atom is 0.271 e. The van der Waals surface area contributed by atoms with Gasteiger partial charge in [-0.3, -0.25) is 4.55 Å². The molecule has 11 heavy (non-hydrogen) atoms. The lowest BCUT2D eigenvalue weighted by atomic mass is 10.2. The summed E-state index contributed by atoms with van der Waals surface area (Å²) in [5.41, 5.74) is 0. The second-order valence-corrected chi connectivity index (χ2v) is 5.53. The fourth-order valence-electron chi connectivity index (χ4n) is 0.843. The van der Waals surface area contributed by atoms with Crippen LogP contribution in [0.15, 0.2) is 0 Å². The molecule has 0 aliphatic heterocycles. The van der Waals surface area contributed by atoms with Crippen LogP contribution in [0.1, 0.15) is 13.8 Å². The third-order valence-electron chi connectivity index (χ3n) is 1.40. The second-order valence-electron chi connectivity index (χ2n) is 3.47. The van der Waals surface area contributed by atoms with Crippen LogP contribution in [0, 0.1) is 0 Å². The minimum atomic E-state index is -3.94. The Labute approximate surface area is 68.0 Å². The van der Waals surface area contributed by atoms with Crippen LogP contribution in [0.25, 0.3) is 0 Å². The van der Waals surface area contributed by atoms with E-state index in [0.717, 1.165) is 0 Å². The molecule has 0 aliphatic rings. The molecule has 0 aromatic carbocycles. The van der Waals surface area contributed by atoms with Crippen molar-refractivity contribution < 1.29 is 13.0 Å². The van der Waals surface area contributed by atoms with Crippen molar-refractivity contribution >= 4 is 10.1 Å². The highest BCUT2D eigenvalue weighted by Crippen LogP contribution is 2.14. The SMILES string of the molecule is CN(C)CC(C)(C)S(=O)(=O)O. The van der Waals surface area contributed by atoms with Gasteiger partial charge in [-0.15, -0.1) is 0 Å². The first-order valence-electron chi connectivity index (χ1n) is 3.28. The Morgan fingerprint density at radius 1 is 1.36 bits per heavy atom. The van der Waals surface area contributed by atoms with Gasteiger partial charge < -0.3 is 4.90 Å². The van der Waals surface area contributed by atoms with Crippen molar-refractivity contribution in [2.75, 3.05) is 20.6 Å². The van der Waals surface area contributed by atoms with Crippen molar-refractivity contribution in [3.05, 3.63) is 0 Å². The first kappa shape index (κ1) is 10.9. The summed E-state index contributed by atoms with van der Waals surface area (Å²) in [6.07, 6.45) is 0. The second kappa shape index (κ2) is 3.08. The summed E-state index contributed by atoms with van der Waals surface area (Å²) >= 11 is 0. The lowest BCUT2D eigenvalue weighted by Crippen LogP contribution is -2.41. The van der Waals surface area contributed by atoms with E-state index in [1.165, 1.54) is 13.8 Å². The van der Waals surface area contributed by atoms with Crippen molar-refractivity contribution in [3.8, 4) is 0 Å². The molecule has 0 radical (unpaired) electrons. The molecule has 0 bridgehead atoms. The summed E-state index contributed by atoms with van der Waals surface area (Å²) in [6.45, 7) is 3.29. The Bertz CT molecular complexity index is 218. The van der Waals surface area contributed by atoms with Gasteiger partial charge in [0.2, 0.25) is 0 Å². The molecule has 68 valence electrons. The quantitative estimate of drug-likeness (QED) is 0.632. The van der Waals surface area contributed by atoms with Crippen LogP contribution in [0.3, 0.4) is 0 Å². The van der Waals surface area contributed by atoms with Gasteiger partial charge in [0.05, 0.1) is 0 Å². The zero-order valence-corrected chi connectivity index (χ0v) is 8.14. The lowest BCUT2D eigenvalue weighted by molar-refractivity contribution is 0.342. The van der Waals surface area contributed by atoms with E-state index in [1.807, 2.05) is 0 Å². The molecule has 0 aromatic rings. The van der Waals surface area contributed by atoms with Gasteiger partial charge in [0.1, 0.15) is 4.75 Å². The van der Waals surface area contributed by atoms with Gasteiger partial charge in [-0.2, -0.15) is 8.42 Å². The molecule has 0 heterocycles. The van der Waals surface area contributed by atoms with Crippen LogP contribution in [-0.4, -0.2) is 43.3 Å². The Morgan fingerprint density at radius 3 is 1.82 bits per heavy atom. The molecule has 0 aromatic heterocycles. The zero-order chi connectivity index (χ0) is 9.28. The van der Waals surface area contributed by atoms with Gasteiger partial charge in [0.15, 0.2) is 0 Å². The van der Waals surface area contributed by atoms with Crippen LogP contribution in [0.4, 0.5) is 0 Å². The zero-order valence-electron chi connectivity index (χ0n) is 7.33. The fraction of sp³-hybridized carbons (Fsp3) is 1.00. The molecule has 0 fully saturated rings. The molecule has 0 rings (SSSR count). The highest BCUT2D eigenvalue weighted by molar-refractivity contribution is 7.87. The van der Waals surface area contributed by atoms with E-state index in [9.17, 15) is 8.42 Å². The van der Waals surface area contributed by atoms with Gasteiger partial charge in [0.25, 0.3) is 10.1 Å². The maximum absolute atomic E-state index is 10.7. The molecule has 0 aliphatic carbocycles. The largest absolute Gasteiger partial charge is 0.308 e. The van der Waals surface area contributed by atoms with E-state index in [4.69, 9.17) is 4.55 Å². The molecular formula is C6H15NO3S. The van der Waals surface area contributed by atoms with Crippen LogP contribution in [0.5, 0.6) is 0 Å². The van der Waals surface area contributed by atoms with E-state index in [1.54, 1.807) is 19.0 Å². The molecule has 4 nitrogen and oxygen atoms in total. The number of rotatable bonds is 3. The van der Waals surface area contributed by atoms with Crippen molar-refractivity contribution in [1.82, 2.24) is 4.90 Å². The Kier molecular flexibility index (Phi) is 3.05.